The second kappa shape index (κ2) is 4.77. The van der Waals surface area contributed by atoms with E-state index in [2.05, 4.69) is 15.3 Å². The van der Waals surface area contributed by atoms with Gasteiger partial charge in [-0.3, -0.25) is 4.79 Å². The van der Waals surface area contributed by atoms with Crippen LogP contribution in [0.25, 0.3) is 11.0 Å². The number of nitrogens with zero attached hydrogens (tertiary/aromatic N) is 1. The van der Waals surface area contributed by atoms with Crippen LogP contribution in [0.3, 0.4) is 0 Å². The maximum Gasteiger partial charge on any atom is 0.255 e. The Morgan fingerprint density at radius 2 is 2.15 bits per heavy atom. The molecule has 5 heteroatoms. The number of halogens is 1. The third-order valence-electron chi connectivity index (χ3n) is 3.20. The zero-order valence-electron chi connectivity index (χ0n) is 10.8. The molecule has 0 aliphatic rings. The van der Waals surface area contributed by atoms with Gasteiger partial charge in [-0.2, -0.15) is 0 Å². The maximum atomic E-state index is 13.4. The number of aromatic nitrogens is 2. The Balaban J connectivity index is 1.90. The number of benzene rings is 2. The van der Waals surface area contributed by atoms with E-state index in [1.165, 1.54) is 6.07 Å². The molecule has 4 nitrogen and oxygen atoms in total. The molecule has 1 aromatic heterocycles. The van der Waals surface area contributed by atoms with Gasteiger partial charge in [-0.05, 0) is 37.3 Å². The Morgan fingerprint density at radius 1 is 1.30 bits per heavy atom. The van der Waals surface area contributed by atoms with Crippen LogP contribution in [0, 0.1) is 12.7 Å². The number of H-pyrrole nitrogens is 1. The first-order valence-electron chi connectivity index (χ1n) is 6.15. The van der Waals surface area contributed by atoms with Crippen molar-refractivity contribution in [1.82, 2.24) is 9.97 Å². The Hall–Kier alpha value is -2.69. The van der Waals surface area contributed by atoms with E-state index < -0.39 is 0 Å². The van der Waals surface area contributed by atoms with E-state index in [0.29, 0.717) is 16.8 Å². The molecular weight excluding hydrogens is 257 g/mol. The van der Waals surface area contributed by atoms with Crippen LogP contribution in [0.4, 0.5) is 10.1 Å². The van der Waals surface area contributed by atoms with Crippen LogP contribution in [0.15, 0.2) is 42.7 Å². The largest absolute Gasteiger partial charge is 0.345 e. The number of anilines is 1. The molecule has 0 fully saturated rings. The van der Waals surface area contributed by atoms with Gasteiger partial charge in [0, 0.05) is 16.8 Å². The molecule has 2 N–H and O–H groups in total. The lowest BCUT2D eigenvalue weighted by Crippen LogP contribution is -2.13. The number of amides is 1. The highest BCUT2D eigenvalue weighted by atomic mass is 19.1. The van der Waals surface area contributed by atoms with Crippen LogP contribution in [-0.2, 0) is 0 Å². The number of nitrogens with one attached hydrogen (secondary N) is 2. The summed E-state index contributed by atoms with van der Waals surface area (Å²) in [5.41, 5.74) is 2.96. The van der Waals surface area contributed by atoms with Gasteiger partial charge in [-0.15, -0.1) is 0 Å². The SMILES string of the molecule is Cc1c(F)cccc1NC(=O)c1ccc2nc[nH]c2c1. The molecule has 0 aliphatic carbocycles. The van der Waals surface area contributed by atoms with Gasteiger partial charge in [0.1, 0.15) is 5.82 Å². The summed E-state index contributed by atoms with van der Waals surface area (Å²) >= 11 is 0. The standard InChI is InChI=1S/C15H12FN3O/c1-9-11(16)3-2-4-12(9)19-15(20)10-5-6-13-14(7-10)18-8-17-13/h2-8H,1H3,(H,17,18)(H,19,20). The van der Waals surface area contributed by atoms with E-state index in [-0.39, 0.29) is 11.7 Å². The summed E-state index contributed by atoms with van der Waals surface area (Å²) < 4.78 is 13.4. The zero-order valence-corrected chi connectivity index (χ0v) is 10.8. The van der Waals surface area contributed by atoms with Crippen molar-refractivity contribution in [2.45, 2.75) is 6.92 Å². The number of carbonyl (C=O) groups excluding carboxylic acids is 1. The van der Waals surface area contributed by atoms with Crippen molar-refractivity contribution in [3.63, 3.8) is 0 Å². The number of carbonyl (C=O) groups is 1. The minimum absolute atomic E-state index is 0.282. The van der Waals surface area contributed by atoms with Gasteiger partial charge in [0.05, 0.1) is 17.4 Å². The maximum absolute atomic E-state index is 13.4. The first kappa shape index (κ1) is 12.3. The number of hydrogen-bond acceptors (Lipinski definition) is 2. The lowest BCUT2D eigenvalue weighted by atomic mass is 10.1. The summed E-state index contributed by atoms with van der Waals surface area (Å²) in [5.74, 6) is -0.623. The van der Waals surface area contributed by atoms with Crippen LogP contribution < -0.4 is 5.32 Å². The Labute approximate surface area is 114 Å². The highest BCUT2D eigenvalue weighted by molar-refractivity contribution is 6.06. The molecule has 0 saturated heterocycles. The zero-order chi connectivity index (χ0) is 14.1. The number of hydrogen-bond donors (Lipinski definition) is 2. The third-order valence-corrected chi connectivity index (χ3v) is 3.20. The van der Waals surface area contributed by atoms with Crippen LogP contribution in [0.1, 0.15) is 15.9 Å². The summed E-state index contributed by atoms with van der Waals surface area (Å²) in [4.78, 5) is 19.2. The second-order valence-corrected chi connectivity index (χ2v) is 4.50. The quantitative estimate of drug-likeness (QED) is 0.750. The minimum atomic E-state index is -0.341. The molecule has 1 amide bonds. The van der Waals surface area contributed by atoms with Crippen molar-refractivity contribution in [2.75, 3.05) is 5.32 Å². The first-order valence-corrected chi connectivity index (χ1v) is 6.15. The van der Waals surface area contributed by atoms with Gasteiger partial charge >= 0.3 is 0 Å². The fourth-order valence-corrected chi connectivity index (χ4v) is 2.01. The van der Waals surface area contributed by atoms with Crippen molar-refractivity contribution in [2.24, 2.45) is 0 Å². The normalized spacial score (nSPS) is 10.7. The summed E-state index contributed by atoms with van der Waals surface area (Å²) in [5, 5.41) is 2.71. The Kier molecular flexibility index (Phi) is 2.95. The van der Waals surface area contributed by atoms with Crippen molar-refractivity contribution in [1.29, 1.82) is 0 Å². The van der Waals surface area contributed by atoms with Crippen LogP contribution in [0.5, 0.6) is 0 Å². The number of aromatic amines is 1. The highest BCUT2D eigenvalue weighted by Crippen LogP contribution is 2.19. The predicted octanol–water partition coefficient (Wildman–Crippen LogP) is 3.26. The smallest absolute Gasteiger partial charge is 0.255 e. The van der Waals surface area contributed by atoms with E-state index in [4.69, 9.17) is 0 Å². The number of fused-ring (bicyclic) bond motifs is 1. The molecule has 0 unspecified atom stereocenters. The molecule has 0 radical (unpaired) electrons. The van der Waals surface area contributed by atoms with Gasteiger partial charge in [0.25, 0.3) is 5.91 Å². The summed E-state index contributed by atoms with van der Waals surface area (Å²) in [6.45, 7) is 1.63. The van der Waals surface area contributed by atoms with E-state index in [1.54, 1.807) is 43.6 Å². The molecule has 2 aromatic carbocycles. The van der Waals surface area contributed by atoms with Crippen molar-refractivity contribution in [3.05, 3.63) is 59.7 Å². The van der Waals surface area contributed by atoms with Crippen LogP contribution >= 0.6 is 0 Å². The summed E-state index contributed by atoms with van der Waals surface area (Å²) in [6.07, 6.45) is 1.57. The average molecular weight is 269 g/mol. The average Bonchev–Trinajstić information content (AvgIpc) is 2.91. The molecule has 1 heterocycles. The van der Waals surface area contributed by atoms with Crippen LogP contribution in [-0.4, -0.2) is 15.9 Å². The van der Waals surface area contributed by atoms with E-state index in [0.717, 1.165) is 11.0 Å². The predicted molar refractivity (Wildman–Crippen MR) is 75.2 cm³/mol. The first-order chi connectivity index (χ1) is 9.65. The van der Waals surface area contributed by atoms with Gasteiger partial charge in [0.2, 0.25) is 0 Å². The number of rotatable bonds is 2. The fourth-order valence-electron chi connectivity index (χ4n) is 2.01. The van der Waals surface area contributed by atoms with Gasteiger partial charge in [0.15, 0.2) is 0 Å². The van der Waals surface area contributed by atoms with E-state index >= 15 is 0 Å². The summed E-state index contributed by atoms with van der Waals surface area (Å²) in [6, 6.07) is 9.77. The van der Waals surface area contributed by atoms with Gasteiger partial charge in [-0.1, -0.05) is 6.07 Å². The van der Waals surface area contributed by atoms with Crippen molar-refractivity contribution < 1.29 is 9.18 Å². The molecule has 0 spiro atoms. The lowest BCUT2D eigenvalue weighted by molar-refractivity contribution is 0.102. The van der Waals surface area contributed by atoms with Crippen LogP contribution in [0.2, 0.25) is 0 Å². The monoisotopic (exact) mass is 269 g/mol. The molecule has 100 valence electrons. The van der Waals surface area contributed by atoms with Crippen molar-refractivity contribution >= 4 is 22.6 Å². The molecule has 0 saturated carbocycles. The molecule has 20 heavy (non-hydrogen) atoms. The van der Waals surface area contributed by atoms with E-state index in [9.17, 15) is 9.18 Å². The van der Waals surface area contributed by atoms with Gasteiger partial charge < -0.3 is 10.3 Å². The second-order valence-electron chi connectivity index (χ2n) is 4.50. The summed E-state index contributed by atoms with van der Waals surface area (Å²) in [7, 11) is 0. The molecule has 3 aromatic rings. The fraction of sp³-hybridized carbons (Fsp3) is 0.0667. The van der Waals surface area contributed by atoms with Crippen molar-refractivity contribution in [3.8, 4) is 0 Å². The Morgan fingerprint density at radius 3 is 3.00 bits per heavy atom. The topological polar surface area (TPSA) is 57.8 Å². The lowest BCUT2D eigenvalue weighted by Gasteiger charge is -2.08. The third kappa shape index (κ3) is 2.14. The molecule has 0 aliphatic heterocycles. The minimum Gasteiger partial charge on any atom is -0.345 e. The van der Waals surface area contributed by atoms with Gasteiger partial charge in [-0.25, -0.2) is 9.37 Å². The highest BCUT2D eigenvalue weighted by Gasteiger charge is 2.10. The number of imidazole rings is 1. The molecular formula is C15H12FN3O. The Bertz CT molecular complexity index is 795. The molecule has 3 rings (SSSR count). The van der Waals surface area contributed by atoms with E-state index in [1.807, 2.05) is 0 Å². The molecule has 0 atom stereocenters. The molecule has 0 bridgehead atoms.